The molecule has 19 heteroatoms. The lowest BCUT2D eigenvalue weighted by atomic mass is 9.96. The predicted octanol–water partition coefficient (Wildman–Crippen LogP) is 10.2. The van der Waals surface area contributed by atoms with E-state index < -0.39 is 124 Å². The Kier molecular flexibility index (Phi) is 49.1. The minimum absolute atomic E-state index is 0.234. The summed E-state index contributed by atoms with van der Waals surface area (Å²) in [5.74, 6) is -0.287. The predicted molar refractivity (Wildman–Crippen MR) is 356 cm³/mol. The summed E-state index contributed by atoms with van der Waals surface area (Å²) in [5, 5.41) is 120. The summed E-state index contributed by atoms with van der Waals surface area (Å²) in [4.78, 5) is 13.4. The second-order valence-corrected chi connectivity index (χ2v) is 26.0. The maximum Gasteiger partial charge on any atom is 0.220 e. The summed E-state index contributed by atoms with van der Waals surface area (Å²) in [6.07, 6.45) is 38.4. The van der Waals surface area contributed by atoms with Gasteiger partial charge in [0.15, 0.2) is 18.9 Å². The molecule has 0 spiro atoms. The third-order valence-electron chi connectivity index (χ3n) is 18.1. The van der Waals surface area contributed by atoms with Crippen molar-refractivity contribution in [3.8, 4) is 0 Å². The highest BCUT2D eigenvalue weighted by atomic mass is 16.8. The minimum atomic E-state index is -1.98. The Labute approximate surface area is 548 Å². The van der Waals surface area contributed by atoms with Crippen LogP contribution in [0.4, 0.5) is 0 Å². The second-order valence-electron chi connectivity index (χ2n) is 26.0. The van der Waals surface area contributed by atoms with Crippen LogP contribution in [0.15, 0.2) is 48.6 Å². The van der Waals surface area contributed by atoms with E-state index in [9.17, 15) is 61.0 Å². The SMILES string of the molecule is CCCCC/C=C/CC/C=C/CC/C=C/C(O)C(COC1OC(CO)C(OC2OC(CO)C(OC3OC(CO)C(O)C(O)C3O)C(O)C2O)C(O)C1O)NC(=O)CCCCCCCCCCCCCCCCCCCCCCC/C=C\CCCCCCCCCC. The molecule has 3 aliphatic rings. The highest BCUT2D eigenvalue weighted by molar-refractivity contribution is 5.76. The topological polar surface area (TPSA) is 307 Å². The number of nitrogens with one attached hydrogen (secondary N) is 1. The number of allylic oxidation sites excluding steroid dienone is 7. The number of carbonyl (C=O) groups excluding carboxylic acids is 1. The van der Waals surface area contributed by atoms with Crippen molar-refractivity contribution in [2.75, 3.05) is 26.4 Å². The molecule has 0 aromatic heterocycles. The molecule has 3 heterocycles. The molecule has 17 unspecified atom stereocenters. The number of aliphatic hydroxyl groups is 11. The van der Waals surface area contributed by atoms with Gasteiger partial charge in [0, 0.05) is 6.42 Å². The summed E-state index contributed by atoms with van der Waals surface area (Å²) in [5.41, 5.74) is 0. The number of rotatable bonds is 56. The first kappa shape index (κ1) is 83.0. The van der Waals surface area contributed by atoms with E-state index in [1.807, 2.05) is 6.08 Å². The van der Waals surface area contributed by atoms with Crippen LogP contribution < -0.4 is 5.32 Å². The van der Waals surface area contributed by atoms with Gasteiger partial charge in [-0.15, -0.1) is 0 Å². The maximum atomic E-state index is 13.4. The Hall–Kier alpha value is -2.25. The van der Waals surface area contributed by atoms with Gasteiger partial charge < -0.3 is 89.9 Å². The van der Waals surface area contributed by atoms with Crippen LogP contribution in [0.5, 0.6) is 0 Å². The molecule has 0 saturated carbocycles. The normalized spacial score (nSPS) is 28.1. The van der Waals surface area contributed by atoms with E-state index in [2.05, 4.69) is 55.6 Å². The molecular weight excluding hydrogens is 1170 g/mol. The molecular formula is C72H131NO18. The van der Waals surface area contributed by atoms with Crippen LogP contribution in [0.25, 0.3) is 0 Å². The van der Waals surface area contributed by atoms with Crippen LogP contribution in [-0.4, -0.2) is 193 Å². The summed E-state index contributed by atoms with van der Waals surface area (Å²) in [7, 11) is 0. The van der Waals surface area contributed by atoms with E-state index in [-0.39, 0.29) is 18.9 Å². The van der Waals surface area contributed by atoms with Gasteiger partial charge in [0.25, 0.3) is 0 Å². The zero-order valence-corrected chi connectivity index (χ0v) is 56.3. The molecule has 1 amide bonds. The first-order chi connectivity index (χ1) is 44.3. The van der Waals surface area contributed by atoms with Crippen LogP contribution in [0.1, 0.15) is 271 Å². The van der Waals surface area contributed by atoms with Crippen molar-refractivity contribution in [1.82, 2.24) is 5.32 Å². The van der Waals surface area contributed by atoms with Crippen LogP contribution in [-0.2, 0) is 33.2 Å². The van der Waals surface area contributed by atoms with Gasteiger partial charge in [-0.3, -0.25) is 4.79 Å². The van der Waals surface area contributed by atoms with E-state index in [0.29, 0.717) is 12.8 Å². The number of unbranched alkanes of at least 4 members (excludes halogenated alkanes) is 34. The molecule has 17 atom stereocenters. The summed E-state index contributed by atoms with van der Waals surface area (Å²) >= 11 is 0. The molecule has 0 aromatic carbocycles. The minimum Gasteiger partial charge on any atom is -0.394 e. The molecule has 3 aliphatic heterocycles. The lowest BCUT2D eigenvalue weighted by Crippen LogP contribution is -2.66. The first-order valence-electron chi connectivity index (χ1n) is 36.4. The number of aliphatic hydroxyl groups excluding tert-OH is 11. The smallest absolute Gasteiger partial charge is 0.220 e. The van der Waals surface area contributed by atoms with E-state index >= 15 is 0 Å². The zero-order valence-electron chi connectivity index (χ0n) is 56.3. The van der Waals surface area contributed by atoms with Crippen LogP contribution in [0.2, 0.25) is 0 Å². The van der Waals surface area contributed by atoms with Gasteiger partial charge in [0.1, 0.15) is 73.2 Å². The zero-order chi connectivity index (χ0) is 66.1. The van der Waals surface area contributed by atoms with Crippen molar-refractivity contribution in [1.29, 1.82) is 0 Å². The summed E-state index contributed by atoms with van der Waals surface area (Å²) in [6.45, 7) is 1.68. The molecule has 3 rings (SSSR count). The fourth-order valence-corrected chi connectivity index (χ4v) is 12.2. The Morgan fingerprint density at radius 3 is 1.12 bits per heavy atom. The fourth-order valence-electron chi connectivity index (χ4n) is 12.2. The van der Waals surface area contributed by atoms with E-state index in [1.54, 1.807) is 6.08 Å². The van der Waals surface area contributed by atoms with Gasteiger partial charge in [-0.1, -0.05) is 242 Å². The second kappa shape index (κ2) is 53.8. The molecule has 3 saturated heterocycles. The molecule has 19 nitrogen and oxygen atoms in total. The van der Waals surface area contributed by atoms with Crippen molar-refractivity contribution in [2.24, 2.45) is 0 Å². The summed E-state index contributed by atoms with van der Waals surface area (Å²) < 4.78 is 34.3. The maximum absolute atomic E-state index is 13.4. The highest BCUT2D eigenvalue weighted by Crippen LogP contribution is 2.33. The third kappa shape index (κ3) is 35.5. The number of carbonyl (C=O) groups is 1. The lowest BCUT2D eigenvalue weighted by Gasteiger charge is -2.48. The monoisotopic (exact) mass is 1300 g/mol. The average Bonchev–Trinajstić information content (AvgIpc) is 0.876. The Bertz CT molecular complexity index is 1840. The van der Waals surface area contributed by atoms with E-state index in [1.165, 1.54) is 193 Å². The highest BCUT2D eigenvalue weighted by Gasteiger charge is 2.53. The molecule has 0 aromatic rings. The molecule has 0 radical (unpaired) electrons. The van der Waals surface area contributed by atoms with Crippen molar-refractivity contribution < 1.29 is 89.4 Å². The van der Waals surface area contributed by atoms with Gasteiger partial charge in [-0.05, 0) is 70.6 Å². The van der Waals surface area contributed by atoms with Gasteiger partial charge in [0.2, 0.25) is 5.91 Å². The van der Waals surface area contributed by atoms with Crippen LogP contribution >= 0.6 is 0 Å². The largest absolute Gasteiger partial charge is 0.394 e. The Morgan fingerprint density at radius 2 is 0.703 bits per heavy atom. The lowest BCUT2D eigenvalue weighted by molar-refractivity contribution is -0.379. The quantitative estimate of drug-likeness (QED) is 0.0199. The van der Waals surface area contributed by atoms with Crippen LogP contribution in [0, 0.1) is 0 Å². The Balaban J connectivity index is 1.35. The van der Waals surface area contributed by atoms with Gasteiger partial charge >= 0.3 is 0 Å². The Morgan fingerprint density at radius 1 is 0.385 bits per heavy atom. The number of hydrogen-bond donors (Lipinski definition) is 12. The van der Waals surface area contributed by atoms with Gasteiger partial charge in [0.05, 0.1) is 38.6 Å². The van der Waals surface area contributed by atoms with Crippen molar-refractivity contribution in [3.05, 3.63) is 48.6 Å². The van der Waals surface area contributed by atoms with Gasteiger partial charge in [-0.2, -0.15) is 0 Å². The number of ether oxygens (including phenoxy) is 6. The molecule has 12 N–H and O–H groups in total. The van der Waals surface area contributed by atoms with Crippen molar-refractivity contribution in [2.45, 2.75) is 375 Å². The van der Waals surface area contributed by atoms with E-state index in [4.69, 9.17) is 28.4 Å². The average molecular weight is 1300 g/mol. The molecule has 91 heavy (non-hydrogen) atoms. The fraction of sp³-hybridized carbons (Fsp3) is 0.875. The molecule has 0 aliphatic carbocycles. The molecule has 532 valence electrons. The van der Waals surface area contributed by atoms with Crippen molar-refractivity contribution in [3.63, 3.8) is 0 Å². The van der Waals surface area contributed by atoms with Crippen LogP contribution in [0.3, 0.4) is 0 Å². The number of amides is 1. The van der Waals surface area contributed by atoms with Gasteiger partial charge in [-0.25, -0.2) is 0 Å². The molecule has 3 fully saturated rings. The first-order valence-corrected chi connectivity index (χ1v) is 36.4. The summed E-state index contributed by atoms with van der Waals surface area (Å²) in [6, 6.07) is -0.995. The third-order valence-corrected chi connectivity index (χ3v) is 18.1. The van der Waals surface area contributed by atoms with E-state index in [0.717, 1.165) is 44.9 Å². The van der Waals surface area contributed by atoms with Crippen molar-refractivity contribution >= 4 is 5.91 Å². The number of hydrogen-bond acceptors (Lipinski definition) is 18. The standard InChI is InChI=1S/C72H131NO18/c1-3-5-7-9-11-13-15-17-18-19-20-21-22-23-24-25-26-27-28-29-30-31-32-33-34-35-36-38-40-42-44-46-48-50-60(78)73-55(56(77)49-47-45-43-41-39-37-16-14-12-10-8-6-4-2)54-86-70-66(84)63(81)68(58(52-75)88-70)91-72-67(85)64(82)69(59(53-76)89-72)90-71-65(83)62(80)61(79)57(51-74)87-71/h12,14,19-20,39,41,47,49,55-59,61-72,74-77,79-85H,3-11,13,15-18,21-38,40,42-46,48,50-54H2,1-2H3,(H,73,78)/b14-12+,20-19-,41-39+,49-47+. The molecule has 0 bridgehead atoms.